The van der Waals surface area contributed by atoms with Crippen LogP contribution in [0.4, 0.5) is 23.2 Å². The Hall–Kier alpha value is -2.26. The van der Waals surface area contributed by atoms with Crippen LogP contribution < -0.4 is 4.31 Å². The lowest BCUT2D eigenvalue weighted by Crippen LogP contribution is -2.23. The van der Waals surface area contributed by atoms with Crippen molar-refractivity contribution in [3.8, 4) is 0 Å². The maximum absolute atomic E-state index is 13.5. The van der Waals surface area contributed by atoms with Gasteiger partial charge in [0, 0.05) is 29.6 Å². The molecule has 0 bridgehead atoms. The molecule has 154 valence electrons. The van der Waals surface area contributed by atoms with Crippen LogP contribution in [0.1, 0.15) is 24.6 Å². The molecule has 0 spiro atoms. The molecule has 4 nitrogen and oxygen atoms in total. The van der Waals surface area contributed by atoms with Gasteiger partial charge in [-0.2, -0.15) is 18.3 Å². The molecule has 0 saturated carbocycles. The molecule has 1 aromatic carbocycles. The fourth-order valence-electron chi connectivity index (χ4n) is 2.63. The molecule has 1 atom stereocenters. The number of nitrogens with zero attached hydrogens (tertiary/aromatic N) is 4. The normalized spacial score (nSPS) is 15.1. The molecule has 10 heteroatoms. The zero-order valence-electron chi connectivity index (χ0n) is 15.4. The Labute approximate surface area is 173 Å². The first-order chi connectivity index (χ1) is 13.7. The summed E-state index contributed by atoms with van der Waals surface area (Å²) in [5.74, 6) is 4.40. The van der Waals surface area contributed by atoms with Gasteiger partial charge in [0.05, 0.1) is 23.0 Å². The fourth-order valence-corrected chi connectivity index (χ4v) is 3.84. The van der Waals surface area contributed by atoms with Crippen molar-refractivity contribution in [3.63, 3.8) is 0 Å². The second-order valence-corrected chi connectivity index (χ2v) is 8.54. The average Bonchev–Trinajstić information content (AvgIpc) is 3.19. The third-order valence-corrected chi connectivity index (χ3v) is 6.17. The quantitative estimate of drug-likeness (QED) is 0.428. The zero-order valence-corrected chi connectivity index (χ0v) is 17.0. The van der Waals surface area contributed by atoms with Crippen LogP contribution >= 0.6 is 22.3 Å². The highest BCUT2D eigenvalue weighted by molar-refractivity contribution is 8.15. The van der Waals surface area contributed by atoms with Crippen molar-refractivity contribution in [2.75, 3.05) is 10.1 Å². The number of halogens is 5. The molecule has 0 aliphatic carbocycles. The van der Waals surface area contributed by atoms with Crippen LogP contribution in [0.2, 0.25) is 5.02 Å². The Morgan fingerprint density at radius 3 is 2.52 bits per heavy atom. The topological polar surface area (TPSA) is 40.9 Å². The van der Waals surface area contributed by atoms with E-state index in [2.05, 4.69) is 21.1 Å². The Kier molecular flexibility index (Phi) is 6.38. The van der Waals surface area contributed by atoms with E-state index in [-0.39, 0.29) is 17.2 Å². The first kappa shape index (κ1) is 21.4. The summed E-state index contributed by atoms with van der Waals surface area (Å²) >= 11 is 5.91. The molecule has 1 aliphatic rings. The molecule has 0 saturated heterocycles. The van der Waals surface area contributed by atoms with E-state index >= 15 is 0 Å². The smallest absolute Gasteiger partial charge is 0.316 e. The van der Waals surface area contributed by atoms with Gasteiger partial charge >= 0.3 is 6.18 Å². The first-order valence-corrected chi connectivity index (χ1v) is 10.5. The van der Waals surface area contributed by atoms with Gasteiger partial charge < -0.3 is 4.31 Å². The monoisotopic (exact) mass is 444 g/mol. The number of rotatable bonds is 6. The van der Waals surface area contributed by atoms with E-state index in [1.165, 1.54) is 18.3 Å². The third-order valence-electron chi connectivity index (χ3n) is 4.25. The van der Waals surface area contributed by atoms with Gasteiger partial charge in [-0.25, -0.2) is 4.39 Å². The maximum atomic E-state index is 13.5. The van der Waals surface area contributed by atoms with Gasteiger partial charge in [-0.05, 0) is 30.3 Å². The second-order valence-electron chi connectivity index (χ2n) is 6.19. The predicted octanol–water partition coefficient (Wildman–Crippen LogP) is 5.63. The summed E-state index contributed by atoms with van der Waals surface area (Å²) in [6.07, 6.45) is -3.38. The molecule has 0 amide bonds. The zero-order chi connectivity index (χ0) is 21.2. The Bertz CT molecular complexity index is 987. The van der Waals surface area contributed by atoms with Crippen molar-refractivity contribution in [1.82, 2.24) is 4.98 Å². The lowest BCUT2D eigenvalue weighted by molar-refractivity contribution is -0.0596. The summed E-state index contributed by atoms with van der Waals surface area (Å²) in [6.45, 7) is 2.38. The minimum atomic E-state index is -4.49. The summed E-state index contributed by atoms with van der Waals surface area (Å²) in [5.41, 5.74) is 1.19. The molecule has 1 aliphatic heterocycles. The van der Waals surface area contributed by atoms with Gasteiger partial charge in [-0.1, -0.05) is 24.4 Å². The van der Waals surface area contributed by atoms with Gasteiger partial charge in [-0.3, -0.25) is 4.98 Å². The van der Waals surface area contributed by atoms with Crippen LogP contribution in [0.25, 0.3) is 0 Å². The van der Waals surface area contributed by atoms with Crippen molar-refractivity contribution in [2.24, 2.45) is 10.2 Å². The molecule has 1 aromatic heterocycles. The van der Waals surface area contributed by atoms with E-state index < -0.39 is 28.4 Å². The van der Waals surface area contributed by atoms with E-state index in [1.807, 2.05) is 11.2 Å². The maximum Gasteiger partial charge on any atom is 0.431 e. The first-order valence-electron chi connectivity index (χ1n) is 8.58. The van der Waals surface area contributed by atoms with E-state index in [9.17, 15) is 17.6 Å². The van der Waals surface area contributed by atoms with Crippen LogP contribution in [-0.2, 0) is 6.54 Å². The molecule has 0 fully saturated rings. The molecular weight excluding hydrogens is 428 g/mol. The third kappa shape index (κ3) is 5.02. The molecule has 0 radical (unpaired) electrons. The molecular formula is C19H17ClF4N4S. The van der Waals surface area contributed by atoms with Gasteiger partial charge in [0.1, 0.15) is 11.5 Å². The largest absolute Gasteiger partial charge is 0.431 e. The molecule has 3 rings (SSSR count). The Morgan fingerprint density at radius 1 is 1.21 bits per heavy atom. The van der Waals surface area contributed by atoms with E-state index in [0.29, 0.717) is 23.5 Å². The predicted molar refractivity (Wildman–Crippen MR) is 112 cm³/mol. The van der Waals surface area contributed by atoms with E-state index in [0.717, 1.165) is 5.75 Å². The number of anilines is 1. The van der Waals surface area contributed by atoms with E-state index in [1.54, 1.807) is 18.2 Å². The summed E-state index contributed by atoms with van der Waals surface area (Å²) in [7, 11) is -0.408. The molecule has 0 N–H and O–H groups in total. The summed E-state index contributed by atoms with van der Waals surface area (Å²) in [4.78, 5) is 4.35. The number of pyridine rings is 1. The van der Waals surface area contributed by atoms with Crippen molar-refractivity contribution >= 4 is 45.3 Å². The molecule has 2 heterocycles. The average molecular weight is 445 g/mol. The summed E-state index contributed by atoms with van der Waals surface area (Å²) in [6, 6.07) is 7.84. The number of benzene rings is 1. The van der Waals surface area contributed by atoms with E-state index in [4.69, 9.17) is 11.6 Å². The second kappa shape index (κ2) is 8.62. The number of hydrogen-bond acceptors (Lipinski definition) is 4. The Balaban J connectivity index is 1.76. The summed E-state index contributed by atoms with van der Waals surface area (Å²) < 4.78 is 53.6. The lowest BCUT2D eigenvalue weighted by Gasteiger charge is -2.27. The van der Waals surface area contributed by atoms with Gasteiger partial charge in [0.15, 0.2) is 0 Å². The van der Waals surface area contributed by atoms with Crippen molar-refractivity contribution in [3.05, 3.63) is 58.6 Å². The molecule has 29 heavy (non-hydrogen) atoms. The minimum absolute atomic E-state index is 0.0172. The minimum Gasteiger partial charge on any atom is -0.316 e. The van der Waals surface area contributed by atoms with Crippen LogP contribution in [0, 0.1) is 5.82 Å². The standard InChI is InChI=1S/C19H17ClF4N4S/c1-3-29(2)28(14-6-7-16(21)15(20)8-14)11-13-5-4-12(10-25-13)17-9-18(27-26-17)19(22,23)24/h4-8,10H,2-3,9,11H2,1H3. The highest BCUT2D eigenvalue weighted by Gasteiger charge is 2.38. The van der Waals surface area contributed by atoms with Crippen LogP contribution in [0.5, 0.6) is 0 Å². The Morgan fingerprint density at radius 2 is 1.97 bits per heavy atom. The molecule has 2 aromatic rings. The number of aromatic nitrogens is 1. The van der Waals surface area contributed by atoms with Gasteiger partial charge in [-0.15, -0.1) is 15.8 Å². The number of alkyl halides is 3. The van der Waals surface area contributed by atoms with Gasteiger partial charge in [0.25, 0.3) is 0 Å². The van der Waals surface area contributed by atoms with Gasteiger partial charge in [0.2, 0.25) is 0 Å². The highest BCUT2D eigenvalue weighted by atomic mass is 35.5. The highest BCUT2D eigenvalue weighted by Crippen LogP contribution is 2.31. The lowest BCUT2D eigenvalue weighted by atomic mass is 10.1. The SMILES string of the molecule is C=S(CC)N(Cc1ccc(C2=NN=C(C(F)(F)F)C2)cn1)c1ccc(F)c(Cl)c1. The fraction of sp³-hybridized carbons (Fsp3) is 0.263. The van der Waals surface area contributed by atoms with Crippen molar-refractivity contribution in [1.29, 1.82) is 0 Å². The van der Waals surface area contributed by atoms with Crippen molar-refractivity contribution < 1.29 is 17.6 Å². The van der Waals surface area contributed by atoms with Crippen LogP contribution in [0.3, 0.4) is 0 Å². The van der Waals surface area contributed by atoms with Crippen LogP contribution in [-0.4, -0.2) is 34.2 Å². The summed E-state index contributed by atoms with van der Waals surface area (Å²) in [5, 5.41) is 6.86. The van der Waals surface area contributed by atoms with Crippen LogP contribution in [0.15, 0.2) is 46.7 Å². The van der Waals surface area contributed by atoms with Crippen molar-refractivity contribution in [2.45, 2.75) is 26.1 Å². The number of hydrogen-bond donors (Lipinski definition) is 0. The molecule has 1 unspecified atom stereocenters.